The van der Waals surface area contributed by atoms with Crippen molar-refractivity contribution in [1.82, 2.24) is 0 Å². The van der Waals surface area contributed by atoms with Gasteiger partial charge in [-0.2, -0.15) is 18.4 Å². The van der Waals surface area contributed by atoms with E-state index in [1.807, 2.05) is 0 Å². The molecule has 1 saturated heterocycles. The Hall–Kier alpha value is -0.760. The van der Waals surface area contributed by atoms with Crippen molar-refractivity contribution in [3.63, 3.8) is 0 Å². The predicted octanol–water partition coefficient (Wildman–Crippen LogP) is 2.12. The molecule has 0 radical (unpaired) electrons. The fraction of sp³-hybridized carbons (Fsp3) is 0.875. The van der Waals surface area contributed by atoms with Crippen LogP contribution in [0.15, 0.2) is 0 Å². The van der Waals surface area contributed by atoms with Gasteiger partial charge in [0.05, 0.1) is 6.07 Å². The van der Waals surface area contributed by atoms with Crippen molar-refractivity contribution in [2.75, 3.05) is 13.2 Å². The minimum absolute atomic E-state index is 0.331. The Morgan fingerprint density at radius 2 is 1.85 bits per heavy atom. The molecule has 0 aliphatic carbocycles. The first kappa shape index (κ1) is 10.3. The van der Waals surface area contributed by atoms with E-state index in [9.17, 15) is 13.2 Å². The van der Waals surface area contributed by atoms with Crippen molar-refractivity contribution in [3.05, 3.63) is 0 Å². The number of nitrogens with zero attached hydrogens (tertiary/aromatic N) is 1. The molecule has 0 N–H and O–H groups in total. The van der Waals surface area contributed by atoms with Crippen LogP contribution in [0.2, 0.25) is 0 Å². The van der Waals surface area contributed by atoms with Gasteiger partial charge in [-0.25, -0.2) is 0 Å². The topological polar surface area (TPSA) is 33.0 Å². The van der Waals surface area contributed by atoms with Crippen LogP contribution in [0.3, 0.4) is 0 Å². The van der Waals surface area contributed by atoms with Crippen LogP contribution < -0.4 is 0 Å². The van der Waals surface area contributed by atoms with E-state index in [1.54, 1.807) is 0 Å². The van der Waals surface area contributed by atoms with Gasteiger partial charge in [0.2, 0.25) is 0 Å². The largest absolute Gasteiger partial charge is 0.404 e. The van der Waals surface area contributed by atoms with Crippen LogP contribution in [0.5, 0.6) is 0 Å². The number of hydrogen-bond acceptors (Lipinski definition) is 2. The van der Waals surface area contributed by atoms with Gasteiger partial charge in [0, 0.05) is 13.2 Å². The van der Waals surface area contributed by atoms with Crippen LogP contribution in [0.1, 0.15) is 12.8 Å². The molecule has 2 nitrogen and oxygen atoms in total. The average molecular weight is 193 g/mol. The van der Waals surface area contributed by atoms with Crippen LogP contribution in [0.4, 0.5) is 13.2 Å². The number of ether oxygens (including phenoxy) is 1. The molecule has 0 aromatic rings. The summed E-state index contributed by atoms with van der Waals surface area (Å²) >= 11 is 0. The minimum Gasteiger partial charge on any atom is -0.381 e. The molecule has 1 atom stereocenters. The van der Waals surface area contributed by atoms with Crippen molar-refractivity contribution < 1.29 is 17.9 Å². The monoisotopic (exact) mass is 193 g/mol. The van der Waals surface area contributed by atoms with Crippen LogP contribution in [0, 0.1) is 23.2 Å². The lowest BCUT2D eigenvalue weighted by Crippen LogP contribution is -2.32. The third-order valence-corrected chi connectivity index (χ3v) is 2.23. The quantitative estimate of drug-likeness (QED) is 0.639. The maximum atomic E-state index is 12.2. The summed E-state index contributed by atoms with van der Waals surface area (Å²) in [7, 11) is 0. The predicted molar refractivity (Wildman–Crippen MR) is 38.7 cm³/mol. The van der Waals surface area contributed by atoms with Crippen molar-refractivity contribution in [2.45, 2.75) is 19.0 Å². The molecule has 0 aromatic heterocycles. The molecule has 1 heterocycles. The highest BCUT2D eigenvalue weighted by molar-refractivity contribution is 4.93. The number of halogens is 3. The smallest absolute Gasteiger partial charge is 0.381 e. The Morgan fingerprint density at radius 1 is 1.31 bits per heavy atom. The molecule has 1 unspecified atom stereocenters. The van der Waals surface area contributed by atoms with E-state index in [0.717, 1.165) is 0 Å². The summed E-state index contributed by atoms with van der Waals surface area (Å²) in [5.41, 5.74) is 0. The van der Waals surface area contributed by atoms with Gasteiger partial charge in [-0.05, 0) is 18.8 Å². The van der Waals surface area contributed by atoms with Crippen molar-refractivity contribution in [1.29, 1.82) is 5.26 Å². The summed E-state index contributed by atoms with van der Waals surface area (Å²) in [6.45, 7) is 0.665. The van der Waals surface area contributed by atoms with Crippen LogP contribution >= 0.6 is 0 Å². The maximum absolute atomic E-state index is 12.2. The number of alkyl halides is 3. The zero-order chi connectivity index (χ0) is 9.90. The average Bonchev–Trinajstić information content (AvgIpc) is 2.05. The number of hydrogen-bond donors (Lipinski definition) is 0. The third kappa shape index (κ3) is 2.59. The summed E-state index contributed by atoms with van der Waals surface area (Å²) in [6, 6.07) is 1.33. The van der Waals surface area contributed by atoms with Crippen LogP contribution in [0.25, 0.3) is 0 Å². The first-order valence-corrected chi connectivity index (χ1v) is 4.10. The Morgan fingerprint density at radius 3 is 2.23 bits per heavy atom. The van der Waals surface area contributed by atoms with E-state index in [0.29, 0.717) is 26.1 Å². The Bertz CT molecular complexity index is 202. The standard InChI is InChI=1S/C8H10F3NO/c9-8(10,11)7(5-12)6-1-3-13-4-2-6/h6-7H,1-4H2. The molecule has 0 saturated carbocycles. The van der Waals surface area contributed by atoms with Crippen molar-refractivity contribution >= 4 is 0 Å². The first-order valence-electron chi connectivity index (χ1n) is 4.10. The highest BCUT2D eigenvalue weighted by Crippen LogP contribution is 2.36. The Balaban J connectivity index is 2.61. The van der Waals surface area contributed by atoms with Gasteiger partial charge in [-0.15, -0.1) is 0 Å². The zero-order valence-corrected chi connectivity index (χ0v) is 6.97. The number of rotatable bonds is 1. The lowest BCUT2D eigenvalue weighted by Gasteiger charge is -2.27. The molecule has 0 amide bonds. The van der Waals surface area contributed by atoms with Crippen molar-refractivity contribution in [2.24, 2.45) is 11.8 Å². The minimum atomic E-state index is -4.39. The van der Waals surface area contributed by atoms with Crippen LogP contribution in [-0.2, 0) is 4.74 Å². The Labute approximate surface area is 74.3 Å². The molecule has 1 rings (SSSR count). The maximum Gasteiger partial charge on any atom is 0.404 e. The van der Waals surface area contributed by atoms with Gasteiger partial charge in [-0.1, -0.05) is 0 Å². The first-order chi connectivity index (χ1) is 6.05. The molecule has 13 heavy (non-hydrogen) atoms. The van der Waals surface area contributed by atoms with Gasteiger partial charge < -0.3 is 4.74 Å². The van der Waals surface area contributed by atoms with E-state index in [-0.39, 0.29) is 0 Å². The molecule has 0 bridgehead atoms. The molecule has 1 aliphatic heterocycles. The normalized spacial score (nSPS) is 22.3. The SMILES string of the molecule is N#CC(C1CCOCC1)C(F)(F)F. The third-order valence-electron chi connectivity index (χ3n) is 2.23. The summed E-state index contributed by atoms with van der Waals surface area (Å²) in [6.07, 6.45) is -3.73. The molecule has 1 aliphatic rings. The summed E-state index contributed by atoms with van der Waals surface area (Å²) in [5.74, 6) is -2.41. The zero-order valence-electron chi connectivity index (χ0n) is 6.97. The Kier molecular flexibility index (Phi) is 3.15. The molecule has 74 valence electrons. The molecule has 5 heteroatoms. The van der Waals surface area contributed by atoms with E-state index in [2.05, 4.69) is 0 Å². The lowest BCUT2D eigenvalue weighted by molar-refractivity contribution is -0.178. The second-order valence-corrected chi connectivity index (χ2v) is 3.10. The molecule has 0 aromatic carbocycles. The molecule has 1 fully saturated rings. The van der Waals surface area contributed by atoms with Gasteiger partial charge in [0.1, 0.15) is 5.92 Å². The summed E-state index contributed by atoms with van der Waals surface area (Å²) < 4.78 is 41.7. The van der Waals surface area contributed by atoms with E-state index in [1.165, 1.54) is 6.07 Å². The van der Waals surface area contributed by atoms with E-state index < -0.39 is 18.0 Å². The van der Waals surface area contributed by atoms with Gasteiger partial charge in [-0.3, -0.25) is 0 Å². The fourth-order valence-corrected chi connectivity index (χ4v) is 1.50. The van der Waals surface area contributed by atoms with Gasteiger partial charge >= 0.3 is 6.18 Å². The van der Waals surface area contributed by atoms with E-state index >= 15 is 0 Å². The molecular weight excluding hydrogens is 183 g/mol. The highest BCUT2D eigenvalue weighted by Gasteiger charge is 2.45. The van der Waals surface area contributed by atoms with Gasteiger partial charge in [0.15, 0.2) is 0 Å². The molecule has 0 spiro atoms. The lowest BCUT2D eigenvalue weighted by atomic mass is 9.86. The summed E-state index contributed by atoms with van der Waals surface area (Å²) in [4.78, 5) is 0. The van der Waals surface area contributed by atoms with Crippen molar-refractivity contribution in [3.8, 4) is 6.07 Å². The van der Waals surface area contributed by atoms with Crippen LogP contribution in [-0.4, -0.2) is 19.4 Å². The van der Waals surface area contributed by atoms with Gasteiger partial charge in [0.25, 0.3) is 0 Å². The highest BCUT2D eigenvalue weighted by atomic mass is 19.4. The number of nitriles is 1. The fourth-order valence-electron chi connectivity index (χ4n) is 1.50. The second kappa shape index (κ2) is 3.97. The summed E-state index contributed by atoms with van der Waals surface area (Å²) in [5, 5.41) is 8.40. The molecular formula is C8H10F3NO. The van der Waals surface area contributed by atoms with E-state index in [4.69, 9.17) is 10.00 Å². The second-order valence-electron chi connectivity index (χ2n) is 3.10.